The molecule has 1 unspecified atom stereocenters. The molecule has 0 aliphatic heterocycles. The average molecular weight is 474 g/mol. The number of hydrogen-bond donors (Lipinski definition) is 1. The Balaban J connectivity index is 1.49. The van der Waals surface area contributed by atoms with Crippen molar-refractivity contribution < 1.29 is 4.79 Å². The number of aryl methyl sites for hydroxylation is 3. The van der Waals surface area contributed by atoms with Crippen molar-refractivity contribution in [2.24, 2.45) is 0 Å². The lowest BCUT2D eigenvalue weighted by Crippen LogP contribution is -2.26. The van der Waals surface area contributed by atoms with Crippen molar-refractivity contribution in [2.75, 3.05) is 0 Å². The molecule has 0 radical (unpaired) electrons. The fourth-order valence-corrected chi connectivity index (χ4v) is 4.74. The molecule has 0 bridgehead atoms. The first kappa shape index (κ1) is 23.6. The van der Waals surface area contributed by atoms with E-state index in [1.165, 1.54) is 16.7 Å². The lowest BCUT2D eigenvalue weighted by molar-refractivity contribution is -0.121. The molecule has 0 saturated heterocycles. The van der Waals surface area contributed by atoms with Crippen LogP contribution in [-0.4, -0.2) is 15.3 Å². The lowest BCUT2D eigenvalue weighted by atomic mass is 10.00. The first-order valence-electron chi connectivity index (χ1n) is 12.5. The van der Waals surface area contributed by atoms with Gasteiger partial charge in [0.1, 0.15) is 5.65 Å². The van der Waals surface area contributed by atoms with E-state index in [1.807, 2.05) is 55.5 Å². The molecule has 1 amide bonds. The van der Waals surface area contributed by atoms with Gasteiger partial charge in [0.05, 0.1) is 17.4 Å². The van der Waals surface area contributed by atoms with E-state index in [4.69, 9.17) is 4.98 Å². The molecule has 4 nitrogen and oxygen atoms in total. The summed E-state index contributed by atoms with van der Waals surface area (Å²) >= 11 is 0. The Morgan fingerprint density at radius 3 is 2.36 bits per heavy atom. The summed E-state index contributed by atoms with van der Waals surface area (Å²) in [6.45, 7) is 6.28. The smallest absolute Gasteiger partial charge is 0.220 e. The highest BCUT2D eigenvalue weighted by molar-refractivity contribution is 5.78. The molecule has 0 spiro atoms. The van der Waals surface area contributed by atoms with Crippen molar-refractivity contribution in [3.63, 3.8) is 0 Å². The Labute approximate surface area is 212 Å². The topological polar surface area (TPSA) is 46.4 Å². The summed E-state index contributed by atoms with van der Waals surface area (Å²) in [5.41, 5.74) is 9.84. The normalized spacial score (nSPS) is 12.0. The molecular weight excluding hydrogens is 442 g/mol. The van der Waals surface area contributed by atoms with Gasteiger partial charge >= 0.3 is 0 Å². The molecule has 1 N–H and O–H groups in total. The van der Waals surface area contributed by atoms with Crippen LogP contribution in [0.2, 0.25) is 0 Å². The molecular formula is C32H31N3O. The number of benzene rings is 3. The zero-order chi connectivity index (χ0) is 25.1. The van der Waals surface area contributed by atoms with Gasteiger partial charge in [-0.1, -0.05) is 84.4 Å². The lowest BCUT2D eigenvalue weighted by Gasteiger charge is -2.14. The highest BCUT2D eigenvalue weighted by atomic mass is 16.1. The molecule has 36 heavy (non-hydrogen) atoms. The van der Waals surface area contributed by atoms with Crippen molar-refractivity contribution in [3.8, 4) is 22.4 Å². The van der Waals surface area contributed by atoms with E-state index < -0.39 is 0 Å². The molecule has 180 valence electrons. The second-order valence-electron chi connectivity index (χ2n) is 9.44. The first-order chi connectivity index (χ1) is 17.5. The first-order valence-corrected chi connectivity index (χ1v) is 12.5. The van der Waals surface area contributed by atoms with Crippen LogP contribution in [0.5, 0.6) is 0 Å². The zero-order valence-corrected chi connectivity index (χ0v) is 21.0. The summed E-state index contributed by atoms with van der Waals surface area (Å²) < 4.78 is 2.16. The van der Waals surface area contributed by atoms with E-state index in [2.05, 4.69) is 72.2 Å². The molecule has 2 heterocycles. The van der Waals surface area contributed by atoms with Gasteiger partial charge < -0.3 is 9.72 Å². The van der Waals surface area contributed by atoms with Crippen molar-refractivity contribution in [1.82, 2.24) is 14.7 Å². The number of fused-ring (bicyclic) bond motifs is 1. The van der Waals surface area contributed by atoms with Crippen LogP contribution in [0.25, 0.3) is 28.0 Å². The van der Waals surface area contributed by atoms with E-state index in [0.717, 1.165) is 33.7 Å². The molecule has 4 heteroatoms. The van der Waals surface area contributed by atoms with E-state index in [9.17, 15) is 4.79 Å². The average Bonchev–Trinajstić information content (AvgIpc) is 3.27. The molecule has 0 aliphatic rings. The highest BCUT2D eigenvalue weighted by Crippen LogP contribution is 2.30. The van der Waals surface area contributed by atoms with Crippen LogP contribution in [0.15, 0.2) is 97.2 Å². The van der Waals surface area contributed by atoms with Crippen LogP contribution in [0.1, 0.15) is 41.8 Å². The van der Waals surface area contributed by atoms with Crippen molar-refractivity contribution in [1.29, 1.82) is 0 Å². The van der Waals surface area contributed by atoms with Gasteiger partial charge in [0.2, 0.25) is 5.91 Å². The SMILES string of the molecule is Cc1ccc(C)c(-c2ccc3nc(-c4ccccc4)c(CCC(=O)NC(C)c4ccccc4)n3c2)c1. The van der Waals surface area contributed by atoms with Crippen molar-refractivity contribution in [3.05, 3.63) is 120 Å². The minimum atomic E-state index is -0.0367. The number of hydrogen-bond acceptors (Lipinski definition) is 2. The van der Waals surface area contributed by atoms with Crippen LogP contribution in [0.4, 0.5) is 0 Å². The number of pyridine rings is 1. The monoisotopic (exact) mass is 473 g/mol. The number of carbonyl (C=O) groups excluding carboxylic acids is 1. The van der Waals surface area contributed by atoms with Gasteiger partial charge in [0.15, 0.2) is 0 Å². The molecule has 3 aromatic carbocycles. The fraction of sp³-hybridized carbons (Fsp3) is 0.188. The Morgan fingerprint density at radius 2 is 1.61 bits per heavy atom. The standard InChI is InChI=1S/C32H31N3O/c1-22-14-15-23(2)28(20-22)27-16-18-30-34-32(26-12-8-5-9-13-26)29(35(30)21-27)17-19-31(36)33-24(3)25-10-6-4-7-11-25/h4-16,18,20-21,24H,17,19H2,1-3H3,(H,33,36). The quantitative estimate of drug-likeness (QED) is 0.274. The van der Waals surface area contributed by atoms with Crippen LogP contribution >= 0.6 is 0 Å². The third kappa shape index (κ3) is 4.94. The van der Waals surface area contributed by atoms with Gasteiger partial charge in [0.25, 0.3) is 0 Å². The van der Waals surface area contributed by atoms with Crippen molar-refractivity contribution in [2.45, 2.75) is 39.7 Å². The largest absolute Gasteiger partial charge is 0.350 e. The van der Waals surface area contributed by atoms with E-state index in [0.29, 0.717) is 12.8 Å². The predicted octanol–water partition coefficient (Wildman–Crippen LogP) is 7.10. The maximum Gasteiger partial charge on any atom is 0.220 e. The second-order valence-corrected chi connectivity index (χ2v) is 9.44. The maximum atomic E-state index is 12.9. The van der Waals surface area contributed by atoms with Crippen LogP contribution < -0.4 is 5.32 Å². The van der Waals surface area contributed by atoms with Crippen LogP contribution in [0.3, 0.4) is 0 Å². The molecule has 2 aromatic heterocycles. The Morgan fingerprint density at radius 1 is 0.889 bits per heavy atom. The Hall–Kier alpha value is -4.18. The number of rotatable bonds is 7. The molecule has 0 saturated carbocycles. The van der Waals surface area contributed by atoms with Gasteiger partial charge in [-0.3, -0.25) is 4.79 Å². The summed E-state index contributed by atoms with van der Waals surface area (Å²) in [5.74, 6) is 0.0333. The van der Waals surface area contributed by atoms with Gasteiger partial charge in [-0.2, -0.15) is 0 Å². The summed E-state index contributed by atoms with van der Waals surface area (Å²) in [7, 11) is 0. The predicted molar refractivity (Wildman–Crippen MR) is 147 cm³/mol. The summed E-state index contributed by atoms with van der Waals surface area (Å²) in [6.07, 6.45) is 3.14. The fourth-order valence-electron chi connectivity index (χ4n) is 4.74. The van der Waals surface area contributed by atoms with E-state index in [-0.39, 0.29) is 11.9 Å². The second kappa shape index (κ2) is 10.2. The zero-order valence-electron chi connectivity index (χ0n) is 21.0. The molecule has 5 aromatic rings. The number of imidazole rings is 1. The molecule has 1 atom stereocenters. The third-order valence-electron chi connectivity index (χ3n) is 6.73. The van der Waals surface area contributed by atoms with E-state index >= 15 is 0 Å². The van der Waals surface area contributed by atoms with Gasteiger partial charge in [-0.15, -0.1) is 0 Å². The van der Waals surface area contributed by atoms with Gasteiger partial charge in [-0.25, -0.2) is 4.98 Å². The number of nitrogens with one attached hydrogen (secondary N) is 1. The van der Waals surface area contributed by atoms with Crippen LogP contribution in [-0.2, 0) is 11.2 Å². The minimum Gasteiger partial charge on any atom is -0.350 e. The number of aromatic nitrogens is 2. The van der Waals surface area contributed by atoms with E-state index in [1.54, 1.807) is 0 Å². The van der Waals surface area contributed by atoms with Gasteiger partial charge in [0, 0.05) is 18.2 Å². The Bertz CT molecular complexity index is 1500. The number of amides is 1. The molecule has 0 aliphatic carbocycles. The van der Waals surface area contributed by atoms with Crippen molar-refractivity contribution >= 4 is 11.6 Å². The molecule has 0 fully saturated rings. The molecule has 5 rings (SSSR count). The highest BCUT2D eigenvalue weighted by Gasteiger charge is 2.17. The Kier molecular flexibility index (Phi) is 6.68. The maximum absolute atomic E-state index is 12.9. The van der Waals surface area contributed by atoms with Crippen LogP contribution in [0, 0.1) is 13.8 Å². The number of nitrogens with zero attached hydrogens (tertiary/aromatic N) is 2. The number of carbonyl (C=O) groups is 1. The minimum absolute atomic E-state index is 0.0333. The summed E-state index contributed by atoms with van der Waals surface area (Å²) in [5, 5.41) is 3.15. The summed E-state index contributed by atoms with van der Waals surface area (Å²) in [6, 6.07) is 31.0. The summed E-state index contributed by atoms with van der Waals surface area (Å²) in [4.78, 5) is 17.9. The van der Waals surface area contributed by atoms with Gasteiger partial charge in [-0.05, 0) is 61.6 Å². The third-order valence-corrected chi connectivity index (χ3v) is 6.73.